The van der Waals surface area contributed by atoms with Crippen molar-refractivity contribution in [3.63, 3.8) is 0 Å². The highest BCUT2D eigenvalue weighted by molar-refractivity contribution is 9.08. The highest BCUT2D eigenvalue weighted by atomic mass is 79.9. The summed E-state index contributed by atoms with van der Waals surface area (Å²) in [5, 5.41) is 18.3. The van der Waals surface area contributed by atoms with Crippen molar-refractivity contribution in [3.05, 3.63) is 70.8 Å². The van der Waals surface area contributed by atoms with Gasteiger partial charge in [-0.25, -0.2) is 0 Å². The second-order valence-corrected chi connectivity index (χ2v) is 6.70. The van der Waals surface area contributed by atoms with Crippen LogP contribution in [-0.4, -0.2) is 22.2 Å². The van der Waals surface area contributed by atoms with Crippen molar-refractivity contribution in [3.8, 4) is 0 Å². The lowest BCUT2D eigenvalue weighted by Crippen LogP contribution is -2.07. The molecule has 0 amide bonds. The molecule has 0 aliphatic heterocycles. The molecule has 0 spiro atoms. The van der Waals surface area contributed by atoms with Crippen LogP contribution in [0.2, 0.25) is 0 Å². The van der Waals surface area contributed by atoms with E-state index in [9.17, 15) is 9.59 Å². The highest BCUT2D eigenvalue weighted by Gasteiger charge is 2.13. The minimum Gasteiger partial charge on any atom is -0.481 e. The van der Waals surface area contributed by atoms with Crippen molar-refractivity contribution in [2.75, 3.05) is 0 Å². The van der Waals surface area contributed by atoms with E-state index in [0.29, 0.717) is 5.88 Å². The SMILES string of the molecule is CC(C(=O)O)c1ccc(CBr)cc1.CC(C(=O)O)c1ccc(CCl)cc1. The molecule has 2 atom stereocenters. The van der Waals surface area contributed by atoms with Gasteiger partial charge in [0, 0.05) is 11.2 Å². The molecule has 0 bridgehead atoms. The fraction of sp³-hybridized carbons (Fsp3) is 0.300. The second kappa shape index (κ2) is 11.0. The summed E-state index contributed by atoms with van der Waals surface area (Å²) in [4.78, 5) is 21.3. The van der Waals surface area contributed by atoms with E-state index in [1.807, 2.05) is 36.4 Å². The first-order valence-electron chi connectivity index (χ1n) is 8.05. The van der Waals surface area contributed by atoms with Crippen LogP contribution in [0.4, 0.5) is 0 Å². The monoisotopic (exact) mass is 440 g/mol. The van der Waals surface area contributed by atoms with Gasteiger partial charge in [0.15, 0.2) is 0 Å². The van der Waals surface area contributed by atoms with E-state index in [0.717, 1.165) is 27.6 Å². The van der Waals surface area contributed by atoms with Gasteiger partial charge in [0.2, 0.25) is 0 Å². The van der Waals surface area contributed by atoms with Gasteiger partial charge >= 0.3 is 11.9 Å². The summed E-state index contributed by atoms with van der Waals surface area (Å²) in [6.45, 7) is 3.35. The Bertz CT molecular complexity index is 650. The predicted octanol–water partition coefficient (Wildman–Crippen LogP) is 5.38. The molecule has 2 aromatic rings. The summed E-state index contributed by atoms with van der Waals surface area (Å²) in [6, 6.07) is 14.9. The van der Waals surface area contributed by atoms with E-state index >= 15 is 0 Å². The van der Waals surface area contributed by atoms with Gasteiger partial charge < -0.3 is 10.2 Å². The summed E-state index contributed by atoms with van der Waals surface area (Å²) < 4.78 is 0. The highest BCUT2D eigenvalue weighted by Crippen LogP contribution is 2.17. The topological polar surface area (TPSA) is 74.6 Å². The lowest BCUT2D eigenvalue weighted by atomic mass is 10.0. The summed E-state index contributed by atoms with van der Waals surface area (Å²) in [7, 11) is 0. The van der Waals surface area contributed by atoms with Crippen molar-refractivity contribution in [1.82, 2.24) is 0 Å². The Balaban J connectivity index is 0.000000260. The first kappa shape index (κ1) is 22.2. The van der Waals surface area contributed by atoms with Gasteiger partial charge in [0.25, 0.3) is 0 Å². The maximum Gasteiger partial charge on any atom is 0.310 e. The van der Waals surface area contributed by atoms with Crippen LogP contribution in [0.25, 0.3) is 0 Å². The molecule has 26 heavy (non-hydrogen) atoms. The molecular formula is C20H22BrClO4. The molecule has 0 fully saturated rings. The predicted molar refractivity (Wildman–Crippen MR) is 107 cm³/mol. The molecule has 0 aliphatic rings. The second-order valence-electron chi connectivity index (χ2n) is 5.87. The van der Waals surface area contributed by atoms with Crippen molar-refractivity contribution in [2.45, 2.75) is 36.9 Å². The fourth-order valence-corrected chi connectivity index (χ4v) is 2.63. The third kappa shape index (κ3) is 6.81. The van der Waals surface area contributed by atoms with E-state index in [-0.39, 0.29) is 0 Å². The zero-order chi connectivity index (χ0) is 19.7. The van der Waals surface area contributed by atoms with Crippen LogP contribution in [0.5, 0.6) is 0 Å². The largest absolute Gasteiger partial charge is 0.481 e. The summed E-state index contributed by atoms with van der Waals surface area (Å²) >= 11 is 8.94. The number of aliphatic carboxylic acids is 2. The molecule has 0 heterocycles. The number of rotatable bonds is 6. The number of hydrogen-bond acceptors (Lipinski definition) is 2. The molecule has 0 saturated carbocycles. The van der Waals surface area contributed by atoms with Crippen LogP contribution in [0.1, 0.15) is 47.9 Å². The number of carboxylic acids is 2. The first-order valence-corrected chi connectivity index (χ1v) is 9.71. The fourth-order valence-electron chi connectivity index (χ4n) is 2.08. The first-order chi connectivity index (χ1) is 12.3. The van der Waals surface area contributed by atoms with Gasteiger partial charge in [0.05, 0.1) is 11.8 Å². The van der Waals surface area contributed by atoms with E-state index in [4.69, 9.17) is 21.8 Å². The molecule has 2 N–H and O–H groups in total. The van der Waals surface area contributed by atoms with Crippen LogP contribution in [0, 0.1) is 0 Å². The average molecular weight is 442 g/mol. The van der Waals surface area contributed by atoms with E-state index in [1.165, 1.54) is 0 Å². The van der Waals surface area contributed by atoms with E-state index < -0.39 is 23.8 Å². The maximum absolute atomic E-state index is 10.6. The number of carbonyl (C=O) groups is 2. The lowest BCUT2D eigenvalue weighted by Gasteiger charge is -2.06. The van der Waals surface area contributed by atoms with Crippen molar-refractivity contribution < 1.29 is 19.8 Å². The molecule has 0 radical (unpaired) electrons. The normalized spacial score (nSPS) is 12.5. The van der Waals surface area contributed by atoms with Gasteiger partial charge in [-0.2, -0.15) is 0 Å². The Morgan fingerprint density at radius 1 is 0.846 bits per heavy atom. The van der Waals surface area contributed by atoms with Crippen molar-refractivity contribution in [2.24, 2.45) is 0 Å². The average Bonchev–Trinajstić information content (AvgIpc) is 2.67. The molecule has 2 aromatic carbocycles. The Labute approximate surface area is 166 Å². The van der Waals surface area contributed by atoms with Crippen LogP contribution in [-0.2, 0) is 20.8 Å². The van der Waals surface area contributed by atoms with Gasteiger partial charge in [-0.15, -0.1) is 11.6 Å². The van der Waals surface area contributed by atoms with Crippen molar-refractivity contribution in [1.29, 1.82) is 0 Å². The number of alkyl halides is 2. The standard InChI is InChI=1S/C10H11BrO2.C10H11ClO2/c2*1-7(10(12)13)9-4-2-8(6-11)3-5-9/h2*2-5,7H,6H2,1H3,(H,12,13). The molecular weight excluding hydrogens is 420 g/mol. The van der Waals surface area contributed by atoms with Gasteiger partial charge in [-0.1, -0.05) is 64.5 Å². The minimum absolute atomic E-state index is 0.427. The third-order valence-corrected chi connectivity index (χ3v) is 4.96. The number of hydrogen-bond donors (Lipinski definition) is 2. The zero-order valence-corrected chi connectivity index (χ0v) is 17.0. The summed E-state index contributed by atoms with van der Waals surface area (Å²) in [5.41, 5.74) is 3.81. The zero-order valence-electron chi connectivity index (χ0n) is 14.7. The van der Waals surface area contributed by atoms with E-state index in [2.05, 4.69) is 15.9 Å². The Morgan fingerprint density at radius 2 is 1.19 bits per heavy atom. The molecule has 0 saturated heterocycles. The number of benzene rings is 2. The molecule has 140 valence electrons. The minimum atomic E-state index is -0.807. The molecule has 6 heteroatoms. The molecule has 2 unspecified atom stereocenters. The van der Waals surface area contributed by atoms with Crippen LogP contribution in [0.3, 0.4) is 0 Å². The van der Waals surface area contributed by atoms with Gasteiger partial charge in [-0.3, -0.25) is 9.59 Å². The number of carboxylic acid groups (broad SMARTS) is 2. The Morgan fingerprint density at radius 3 is 1.46 bits per heavy atom. The molecule has 4 nitrogen and oxygen atoms in total. The Hall–Kier alpha value is -1.85. The number of halogens is 2. The molecule has 0 aliphatic carbocycles. The van der Waals surface area contributed by atoms with Gasteiger partial charge in [0.1, 0.15) is 0 Å². The van der Waals surface area contributed by atoms with Gasteiger partial charge in [-0.05, 0) is 36.1 Å². The maximum atomic E-state index is 10.6. The lowest BCUT2D eigenvalue weighted by molar-refractivity contribution is -0.139. The van der Waals surface area contributed by atoms with E-state index in [1.54, 1.807) is 26.0 Å². The molecule has 0 aromatic heterocycles. The smallest absolute Gasteiger partial charge is 0.310 e. The molecule has 2 rings (SSSR count). The summed E-state index contributed by atoms with van der Waals surface area (Å²) in [5.74, 6) is -2.01. The quantitative estimate of drug-likeness (QED) is 0.590. The Kier molecular flexibility index (Phi) is 9.38. The van der Waals surface area contributed by atoms with Crippen molar-refractivity contribution >= 4 is 39.5 Å². The van der Waals surface area contributed by atoms with Crippen LogP contribution >= 0.6 is 27.5 Å². The van der Waals surface area contributed by atoms with Crippen LogP contribution in [0.15, 0.2) is 48.5 Å². The summed E-state index contributed by atoms with van der Waals surface area (Å²) in [6.07, 6.45) is 0. The van der Waals surface area contributed by atoms with Crippen LogP contribution < -0.4 is 0 Å². The third-order valence-electron chi connectivity index (χ3n) is 4.01.